The molecule has 1 amide bonds. The number of nitrogens with one attached hydrogen (secondary N) is 1. The van der Waals surface area contributed by atoms with Crippen molar-refractivity contribution in [2.24, 2.45) is 0 Å². The monoisotopic (exact) mass is 198 g/mol. The van der Waals surface area contributed by atoms with Gasteiger partial charge >= 0.3 is 0 Å². The average molecular weight is 198 g/mol. The van der Waals surface area contributed by atoms with E-state index in [9.17, 15) is 4.79 Å². The van der Waals surface area contributed by atoms with Gasteiger partial charge in [0.25, 0.3) is 0 Å². The van der Waals surface area contributed by atoms with Crippen molar-refractivity contribution in [3.8, 4) is 0 Å². The van der Waals surface area contributed by atoms with Crippen LogP contribution >= 0.6 is 0 Å². The minimum absolute atomic E-state index is 0.216. The summed E-state index contributed by atoms with van der Waals surface area (Å²) in [4.78, 5) is 11.2. The van der Waals surface area contributed by atoms with Crippen LogP contribution in [0, 0.1) is 6.92 Å². The minimum atomic E-state index is 0.216. The van der Waals surface area contributed by atoms with Crippen molar-refractivity contribution < 1.29 is 4.79 Å². The SMILES string of the molecule is [CH2]CCCCCNC(=O)CCCCC. The van der Waals surface area contributed by atoms with E-state index in [2.05, 4.69) is 19.2 Å². The molecule has 0 saturated heterocycles. The van der Waals surface area contributed by atoms with Crippen molar-refractivity contribution in [3.05, 3.63) is 6.92 Å². The van der Waals surface area contributed by atoms with Gasteiger partial charge in [0.05, 0.1) is 0 Å². The smallest absolute Gasteiger partial charge is 0.219 e. The van der Waals surface area contributed by atoms with Crippen molar-refractivity contribution >= 4 is 5.91 Å². The first-order valence-electron chi connectivity index (χ1n) is 5.87. The Balaban J connectivity index is 3.10. The van der Waals surface area contributed by atoms with Crippen LogP contribution in [0.4, 0.5) is 0 Å². The van der Waals surface area contributed by atoms with E-state index in [4.69, 9.17) is 0 Å². The van der Waals surface area contributed by atoms with E-state index in [1.165, 1.54) is 19.3 Å². The second kappa shape index (κ2) is 10.6. The number of hydrogen-bond donors (Lipinski definition) is 1. The Hall–Kier alpha value is -0.530. The van der Waals surface area contributed by atoms with Crippen LogP contribution in [0.2, 0.25) is 0 Å². The molecule has 0 aromatic heterocycles. The zero-order valence-electron chi connectivity index (χ0n) is 9.48. The fourth-order valence-corrected chi connectivity index (χ4v) is 1.33. The van der Waals surface area contributed by atoms with Gasteiger partial charge in [0, 0.05) is 13.0 Å². The number of carbonyl (C=O) groups is 1. The number of amides is 1. The first kappa shape index (κ1) is 13.5. The zero-order valence-corrected chi connectivity index (χ0v) is 9.48. The molecule has 0 rings (SSSR count). The van der Waals surface area contributed by atoms with E-state index in [0.29, 0.717) is 6.42 Å². The van der Waals surface area contributed by atoms with Crippen molar-refractivity contribution in [1.29, 1.82) is 0 Å². The lowest BCUT2D eigenvalue weighted by Gasteiger charge is -2.04. The van der Waals surface area contributed by atoms with Gasteiger partial charge in [0.15, 0.2) is 0 Å². The summed E-state index contributed by atoms with van der Waals surface area (Å²) in [6, 6.07) is 0. The maximum absolute atomic E-state index is 11.2. The molecule has 0 aromatic rings. The Kier molecular flexibility index (Phi) is 10.2. The average Bonchev–Trinajstić information content (AvgIpc) is 2.18. The van der Waals surface area contributed by atoms with Crippen LogP contribution in [0.15, 0.2) is 0 Å². The summed E-state index contributed by atoms with van der Waals surface area (Å²) in [6.45, 7) is 6.77. The third-order valence-corrected chi connectivity index (χ3v) is 2.26. The molecule has 14 heavy (non-hydrogen) atoms. The highest BCUT2D eigenvalue weighted by Gasteiger charge is 1.98. The zero-order chi connectivity index (χ0) is 10.6. The fourth-order valence-electron chi connectivity index (χ4n) is 1.33. The van der Waals surface area contributed by atoms with E-state index in [-0.39, 0.29) is 5.91 Å². The van der Waals surface area contributed by atoms with Crippen molar-refractivity contribution in [2.45, 2.75) is 58.3 Å². The largest absolute Gasteiger partial charge is 0.356 e. The van der Waals surface area contributed by atoms with Gasteiger partial charge in [-0.2, -0.15) is 0 Å². The van der Waals surface area contributed by atoms with Crippen molar-refractivity contribution in [3.63, 3.8) is 0 Å². The third kappa shape index (κ3) is 9.56. The van der Waals surface area contributed by atoms with E-state index in [1.807, 2.05) is 0 Å². The molecule has 83 valence electrons. The third-order valence-electron chi connectivity index (χ3n) is 2.26. The van der Waals surface area contributed by atoms with Gasteiger partial charge in [-0.3, -0.25) is 4.79 Å². The van der Waals surface area contributed by atoms with E-state index in [0.717, 1.165) is 32.2 Å². The molecule has 0 atom stereocenters. The van der Waals surface area contributed by atoms with E-state index < -0.39 is 0 Å². The van der Waals surface area contributed by atoms with Crippen molar-refractivity contribution in [2.75, 3.05) is 6.54 Å². The van der Waals surface area contributed by atoms with E-state index in [1.54, 1.807) is 0 Å². The predicted molar refractivity (Wildman–Crippen MR) is 61.0 cm³/mol. The van der Waals surface area contributed by atoms with Crippen LogP contribution < -0.4 is 5.32 Å². The molecule has 2 heteroatoms. The lowest BCUT2D eigenvalue weighted by atomic mass is 10.2. The number of rotatable bonds is 9. The Morgan fingerprint density at radius 2 is 1.93 bits per heavy atom. The highest BCUT2D eigenvalue weighted by atomic mass is 16.1. The summed E-state index contributed by atoms with van der Waals surface area (Å²) in [5.74, 6) is 0.216. The summed E-state index contributed by atoms with van der Waals surface area (Å²) < 4.78 is 0. The molecular formula is C12H24NO. The maximum Gasteiger partial charge on any atom is 0.219 e. The van der Waals surface area contributed by atoms with Crippen molar-refractivity contribution in [1.82, 2.24) is 5.32 Å². The molecule has 0 saturated carbocycles. The van der Waals surface area contributed by atoms with Crippen LogP contribution in [0.25, 0.3) is 0 Å². The topological polar surface area (TPSA) is 29.1 Å². The van der Waals surface area contributed by atoms with Crippen LogP contribution in [-0.4, -0.2) is 12.5 Å². The van der Waals surface area contributed by atoms with Gasteiger partial charge in [-0.15, -0.1) is 0 Å². The fraction of sp³-hybridized carbons (Fsp3) is 0.833. The molecule has 0 spiro atoms. The summed E-state index contributed by atoms with van der Waals surface area (Å²) in [5, 5.41) is 2.94. The summed E-state index contributed by atoms with van der Waals surface area (Å²) in [7, 11) is 0. The molecule has 0 bridgehead atoms. The Bertz CT molecular complexity index is 134. The predicted octanol–water partition coefficient (Wildman–Crippen LogP) is 3.08. The quantitative estimate of drug-likeness (QED) is 0.567. The Labute approximate surface area is 88.5 Å². The van der Waals surface area contributed by atoms with Crippen LogP contribution in [0.3, 0.4) is 0 Å². The van der Waals surface area contributed by atoms with Gasteiger partial charge in [-0.1, -0.05) is 46.0 Å². The standard InChI is InChI=1S/C12H24NO/c1-3-5-7-9-11-13-12(14)10-8-6-4-2/h1,3-11H2,2H3,(H,13,14). The second-order valence-corrected chi connectivity index (χ2v) is 3.72. The van der Waals surface area contributed by atoms with Gasteiger partial charge < -0.3 is 5.32 Å². The first-order valence-corrected chi connectivity index (χ1v) is 5.87. The van der Waals surface area contributed by atoms with Gasteiger partial charge in [0.2, 0.25) is 5.91 Å². The molecule has 0 unspecified atom stereocenters. The van der Waals surface area contributed by atoms with Gasteiger partial charge in [0.1, 0.15) is 0 Å². The number of unbranched alkanes of at least 4 members (excludes halogenated alkanes) is 5. The molecule has 2 nitrogen and oxygen atoms in total. The molecule has 0 aliphatic carbocycles. The minimum Gasteiger partial charge on any atom is -0.356 e. The number of hydrogen-bond acceptors (Lipinski definition) is 1. The van der Waals surface area contributed by atoms with Gasteiger partial charge in [-0.05, 0) is 12.8 Å². The summed E-state index contributed by atoms with van der Waals surface area (Å²) >= 11 is 0. The first-order chi connectivity index (χ1) is 6.81. The molecular weight excluding hydrogens is 174 g/mol. The highest BCUT2D eigenvalue weighted by Crippen LogP contribution is 1.99. The summed E-state index contributed by atoms with van der Waals surface area (Å²) in [5.41, 5.74) is 0. The van der Waals surface area contributed by atoms with Crippen LogP contribution in [-0.2, 0) is 4.79 Å². The van der Waals surface area contributed by atoms with Crippen LogP contribution in [0.1, 0.15) is 58.3 Å². The molecule has 0 aromatic carbocycles. The molecule has 0 fully saturated rings. The summed E-state index contributed by atoms with van der Waals surface area (Å²) in [6.07, 6.45) is 8.51. The normalized spacial score (nSPS) is 10.1. The lowest BCUT2D eigenvalue weighted by molar-refractivity contribution is -0.121. The Morgan fingerprint density at radius 3 is 2.57 bits per heavy atom. The number of carbonyl (C=O) groups excluding carboxylic acids is 1. The van der Waals surface area contributed by atoms with Crippen LogP contribution in [0.5, 0.6) is 0 Å². The highest BCUT2D eigenvalue weighted by molar-refractivity contribution is 5.75. The molecule has 1 N–H and O–H groups in total. The molecule has 1 radical (unpaired) electrons. The molecule has 0 aliphatic heterocycles. The molecule has 0 aliphatic rings. The second-order valence-electron chi connectivity index (χ2n) is 3.72. The van der Waals surface area contributed by atoms with Gasteiger partial charge in [-0.25, -0.2) is 0 Å². The lowest BCUT2D eigenvalue weighted by Crippen LogP contribution is -2.23. The van der Waals surface area contributed by atoms with E-state index >= 15 is 0 Å². The maximum atomic E-state index is 11.2. The Morgan fingerprint density at radius 1 is 1.14 bits per heavy atom. The molecule has 0 heterocycles.